The Morgan fingerprint density at radius 1 is 0.914 bits per heavy atom. The monoisotopic (exact) mass is 508 g/mol. The van der Waals surface area contributed by atoms with Gasteiger partial charge in [-0.1, -0.05) is 60.5 Å². The minimum atomic E-state index is 0.459. The number of fused-ring (bicyclic) bond motifs is 1. The van der Waals surface area contributed by atoms with Gasteiger partial charge in [-0.25, -0.2) is 15.0 Å². The molecule has 35 heavy (non-hydrogen) atoms. The molecule has 1 aliphatic rings. The zero-order valence-corrected chi connectivity index (χ0v) is 21.5. The third-order valence-electron chi connectivity index (χ3n) is 6.50. The highest BCUT2D eigenvalue weighted by atomic mass is 35.5. The van der Waals surface area contributed by atoms with E-state index in [1.54, 1.807) is 12.1 Å². The molecular formula is C27H30Cl2N6. The van der Waals surface area contributed by atoms with Crippen LogP contribution in [0.25, 0.3) is 33.8 Å². The SMILES string of the molecule is CCc1[nH]c(-c2nc3cc(Cl)c(Cl)cc3nc2NCCCCN2CCCC2)nc1-c1ccccc1. The first-order valence-corrected chi connectivity index (χ1v) is 13.2. The van der Waals surface area contributed by atoms with Crippen molar-refractivity contribution in [1.29, 1.82) is 0 Å². The summed E-state index contributed by atoms with van der Waals surface area (Å²) in [6.45, 7) is 6.56. The Bertz CT molecular complexity index is 1300. The second-order valence-electron chi connectivity index (χ2n) is 8.99. The molecule has 0 saturated carbocycles. The number of aryl methyl sites for hydroxylation is 1. The zero-order chi connectivity index (χ0) is 24.2. The number of nitrogens with zero attached hydrogens (tertiary/aromatic N) is 4. The number of hydrogen-bond acceptors (Lipinski definition) is 5. The number of imidazole rings is 1. The number of unbranched alkanes of at least 4 members (excludes halogenated alkanes) is 1. The molecule has 5 rings (SSSR count). The van der Waals surface area contributed by atoms with E-state index in [1.165, 1.54) is 25.9 Å². The van der Waals surface area contributed by atoms with Gasteiger partial charge in [0.1, 0.15) is 5.69 Å². The summed E-state index contributed by atoms with van der Waals surface area (Å²) in [5.41, 5.74) is 5.16. The molecule has 0 unspecified atom stereocenters. The lowest BCUT2D eigenvalue weighted by molar-refractivity contribution is 0.331. The lowest BCUT2D eigenvalue weighted by atomic mass is 10.1. The molecule has 2 N–H and O–H groups in total. The summed E-state index contributed by atoms with van der Waals surface area (Å²) < 4.78 is 0. The fourth-order valence-corrected chi connectivity index (χ4v) is 4.94. The van der Waals surface area contributed by atoms with Crippen LogP contribution in [0.4, 0.5) is 5.82 Å². The molecule has 2 aromatic heterocycles. The van der Waals surface area contributed by atoms with E-state index in [2.05, 4.69) is 34.3 Å². The maximum atomic E-state index is 6.29. The first kappa shape index (κ1) is 24.0. The van der Waals surface area contributed by atoms with Crippen LogP contribution in [0.2, 0.25) is 10.0 Å². The Balaban J connectivity index is 1.45. The van der Waals surface area contributed by atoms with Crippen molar-refractivity contribution >= 4 is 40.1 Å². The third kappa shape index (κ3) is 5.45. The highest BCUT2D eigenvalue weighted by Crippen LogP contribution is 2.32. The van der Waals surface area contributed by atoms with Crippen LogP contribution in [0.1, 0.15) is 38.3 Å². The summed E-state index contributed by atoms with van der Waals surface area (Å²) in [5.74, 6) is 1.40. The summed E-state index contributed by atoms with van der Waals surface area (Å²) in [6, 6.07) is 13.7. The molecule has 0 amide bonds. The number of nitrogens with one attached hydrogen (secondary N) is 2. The van der Waals surface area contributed by atoms with E-state index in [-0.39, 0.29) is 0 Å². The highest BCUT2D eigenvalue weighted by Gasteiger charge is 2.19. The normalized spacial score (nSPS) is 14.1. The maximum Gasteiger partial charge on any atom is 0.160 e. The maximum absolute atomic E-state index is 6.29. The van der Waals surface area contributed by atoms with Gasteiger partial charge < -0.3 is 15.2 Å². The van der Waals surface area contributed by atoms with E-state index in [0.717, 1.165) is 49.3 Å². The lowest BCUT2D eigenvalue weighted by Crippen LogP contribution is -2.21. The van der Waals surface area contributed by atoms with Gasteiger partial charge in [0.05, 0.1) is 26.8 Å². The number of likely N-dealkylation sites (tertiary alicyclic amines) is 1. The van der Waals surface area contributed by atoms with Crippen LogP contribution in [0.3, 0.4) is 0 Å². The second-order valence-corrected chi connectivity index (χ2v) is 9.81. The van der Waals surface area contributed by atoms with Crippen LogP contribution in [0.15, 0.2) is 42.5 Å². The van der Waals surface area contributed by atoms with Crippen LogP contribution in [0, 0.1) is 0 Å². The molecule has 0 bridgehead atoms. The average molecular weight is 509 g/mol. The van der Waals surface area contributed by atoms with Crippen molar-refractivity contribution in [3.63, 3.8) is 0 Å². The minimum Gasteiger partial charge on any atom is -0.368 e. The first-order chi connectivity index (χ1) is 17.1. The number of H-pyrrole nitrogens is 1. The quantitative estimate of drug-likeness (QED) is 0.242. The molecule has 1 aliphatic heterocycles. The fourth-order valence-electron chi connectivity index (χ4n) is 4.63. The molecule has 8 heteroatoms. The van der Waals surface area contributed by atoms with Crippen molar-refractivity contribution in [2.24, 2.45) is 0 Å². The van der Waals surface area contributed by atoms with Crippen LogP contribution in [-0.2, 0) is 6.42 Å². The average Bonchev–Trinajstić information content (AvgIpc) is 3.55. The van der Waals surface area contributed by atoms with Gasteiger partial charge in [0.15, 0.2) is 11.6 Å². The Morgan fingerprint density at radius 3 is 2.34 bits per heavy atom. The van der Waals surface area contributed by atoms with Crippen LogP contribution in [-0.4, -0.2) is 51.0 Å². The molecule has 0 radical (unpaired) electrons. The van der Waals surface area contributed by atoms with Gasteiger partial charge in [0, 0.05) is 17.8 Å². The smallest absolute Gasteiger partial charge is 0.160 e. The topological polar surface area (TPSA) is 69.7 Å². The molecule has 182 valence electrons. The number of aromatic nitrogens is 4. The molecule has 3 heterocycles. The van der Waals surface area contributed by atoms with E-state index >= 15 is 0 Å². The van der Waals surface area contributed by atoms with E-state index in [9.17, 15) is 0 Å². The van der Waals surface area contributed by atoms with Gasteiger partial charge in [0.25, 0.3) is 0 Å². The number of hydrogen-bond donors (Lipinski definition) is 2. The molecule has 2 aromatic carbocycles. The molecule has 0 atom stereocenters. The second kappa shape index (κ2) is 10.9. The van der Waals surface area contributed by atoms with E-state index in [4.69, 9.17) is 38.2 Å². The highest BCUT2D eigenvalue weighted by molar-refractivity contribution is 6.42. The number of rotatable bonds is 9. The Morgan fingerprint density at radius 2 is 1.63 bits per heavy atom. The summed E-state index contributed by atoms with van der Waals surface area (Å²) in [4.78, 5) is 20.8. The zero-order valence-electron chi connectivity index (χ0n) is 20.0. The van der Waals surface area contributed by atoms with Crippen molar-refractivity contribution in [3.05, 3.63) is 58.2 Å². The lowest BCUT2D eigenvalue weighted by Gasteiger charge is -2.15. The molecular weight excluding hydrogens is 479 g/mol. The number of benzene rings is 2. The fraction of sp³-hybridized carbons (Fsp3) is 0.370. The van der Waals surface area contributed by atoms with Crippen molar-refractivity contribution in [2.45, 2.75) is 39.0 Å². The summed E-state index contributed by atoms with van der Waals surface area (Å²) in [7, 11) is 0. The van der Waals surface area contributed by atoms with Gasteiger partial charge in [-0.3, -0.25) is 0 Å². The molecule has 1 fully saturated rings. The standard InChI is InChI=1S/C27H30Cl2N6/c1-2-21-24(18-10-4-3-5-11-18)34-27(32-21)25-26(30-12-6-7-13-35-14-8-9-15-35)33-23-17-20(29)19(28)16-22(23)31-25/h3-5,10-11,16-17H,2,6-9,12-15H2,1H3,(H,30,33)(H,32,34). The summed E-state index contributed by atoms with van der Waals surface area (Å²) in [5, 5.41) is 4.45. The molecule has 6 nitrogen and oxygen atoms in total. The van der Waals surface area contributed by atoms with E-state index in [0.29, 0.717) is 38.4 Å². The molecule has 1 saturated heterocycles. The van der Waals surface area contributed by atoms with Crippen LogP contribution >= 0.6 is 23.2 Å². The number of anilines is 1. The van der Waals surface area contributed by atoms with Crippen molar-refractivity contribution in [3.8, 4) is 22.8 Å². The Labute approximate surface area is 216 Å². The van der Waals surface area contributed by atoms with Crippen molar-refractivity contribution in [1.82, 2.24) is 24.8 Å². The van der Waals surface area contributed by atoms with Gasteiger partial charge in [-0.05, 0) is 63.9 Å². The molecule has 4 aromatic rings. The Kier molecular flexibility index (Phi) is 7.51. The third-order valence-corrected chi connectivity index (χ3v) is 7.22. The van der Waals surface area contributed by atoms with Crippen molar-refractivity contribution < 1.29 is 0 Å². The predicted octanol–water partition coefficient (Wildman–Crippen LogP) is 6.84. The number of aromatic amines is 1. The van der Waals surface area contributed by atoms with Crippen LogP contribution < -0.4 is 5.32 Å². The van der Waals surface area contributed by atoms with E-state index < -0.39 is 0 Å². The van der Waals surface area contributed by atoms with E-state index in [1.807, 2.05) is 18.2 Å². The van der Waals surface area contributed by atoms with Crippen molar-refractivity contribution in [2.75, 3.05) is 31.5 Å². The predicted molar refractivity (Wildman–Crippen MR) is 145 cm³/mol. The Hall–Kier alpha value is -2.67. The largest absolute Gasteiger partial charge is 0.368 e. The number of halogens is 2. The molecule has 0 spiro atoms. The van der Waals surface area contributed by atoms with Gasteiger partial charge >= 0.3 is 0 Å². The summed E-state index contributed by atoms with van der Waals surface area (Å²) in [6.07, 6.45) is 5.71. The van der Waals surface area contributed by atoms with Gasteiger partial charge in [-0.15, -0.1) is 0 Å². The summed E-state index contributed by atoms with van der Waals surface area (Å²) >= 11 is 12.6. The molecule has 0 aliphatic carbocycles. The minimum absolute atomic E-state index is 0.459. The van der Waals surface area contributed by atoms with Gasteiger partial charge in [0.2, 0.25) is 0 Å². The van der Waals surface area contributed by atoms with Crippen LogP contribution in [0.5, 0.6) is 0 Å². The first-order valence-electron chi connectivity index (χ1n) is 12.4. The van der Waals surface area contributed by atoms with Gasteiger partial charge in [-0.2, -0.15) is 0 Å².